The fourth-order valence-electron chi connectivity index (χ4n) is 1.42. The Morgan fingerprint density at radius 1 is 1.33 bits per heavy atom. The van der Waals surface area contributed by atoms with Crippen LogP contribution in [0.25, 0.3) is 0 Å². The predicted octanol–water partition coefficient (Wildman–Crippen LogP) is 0.774. The van der Waals surface area contributed by atoms with Crippen molar-refractivity contribution in [1.82, 2.24) is 5.32 Å². The number of hydrogen-bond donors (Lipinski definition) is 2. The molecular weight excluding hydrogens is 254 g/mol. The highest BCUT2D eigenvalue weighted by atomic mass is 32.2. The van der Waals surface area contributed by atoms with Crippen LogP contribution in [0, 0.1) is 0 Å². The van der Waals surface area contributed by atoms with E-state index < -0.39 is 28.7 Å². The van der Waals surface area contributed by atoms with Gasteiger partial charge in [-0.15, -0.1) is 0 Å². The van der Waals surface area contributed by atoms with Crippen LogP contribution < -0.4 is 5.32 Å². The zero-order valence-electron chi connectivity index (χ0n) is 9.96. The van der Waals surface area contributed by atoms with Crippen molar-refractivity contribution < 1.29 is 18.9 Å². The van der Waals surface area contributed by atoms with E-state index in [-0.39, 0.29) is 12.2 Å². The van der Waals surface area contributed by atoms with E-state index in [1.807, 2.05) is 6.07 Å². The van der Waals surface area contributed by atoms with Crippen LogP contribution >= 0.6 is 0 Å². The van der Waals surface area contributed by atoms with Crippen LogP contribution in [0.4, 0.5) is 0 Å². The maximum atomic E-state index is 11.9. The first kappa shape index (κ1) is 14.4. The molecule has 0 aliphatic heterocycles. The van der Waals surface area contributed by atoms with E-state index in [4.69, 9.17) is 5.11 Å². The molecule has 0 aromatic heterocycles. The molecule has 0 bridgehead atoms. The molecule has 0 radical (unpaired) electrons. The highest BCUT2D eigenvalue weighted by Gasteiger charge is 2.19. The molecule has 1 aromatic rings. The fraction of sp³-hybridized carbons (Fsp3) is 0.333. The minimum absolute atomic E-state index is 0.135. The van der Waals surface area contributed by atoms with Gasteiger partial charge < -0.3 is 10.4 Å². The second-order valence-corrected chi connectivity index (χ2v) is 5.31. The van der Waals surface area contributed by atoms with Crippen LogP contribution in [0.2, 0.25) is 0 Å². The lowest BCUT2D eigenvalue weighted by molar-refractivity contribution is -0.141. The second kappa shape index (κ2) is 6.90. The van der Waals surface area contributed by atoms with Gasteiger partial charge in [0.25, 0.3) is 0 Å². The molecule has 1 amide bonds. The molecule has 2 N–H and O–H groups in total. The van der Waals surface area contributed by atoms with E-state index >= 15 is 0 Å². The fourth-order valence-corrected chi connectivity index (χ4v) is 2.56. The third-order valence-corrected chi connectivity index (χ3v) is 3.68. The lowest BCUT2D eigenvalue weighted by atomic mass is 10.2. The molecule has 1 rings (SSSR count). The lowest BCUT2D eigenvalue weighted by Gasteiger charge is -2.12. The number of carboxylic acid groups (broad SMARTS) is 1. The first-order chi connectivity index (χ1) is 8.50. The summed E-state index contributed by atoms with van der Waals surface area (Å²) in [7, 11) is -1.25. The molecule has 0 aliphatic carbocycles. The number of carboxylic acids is 1. The van der Waals surface area contributed by atoms with E-state index in [2.05, 4.69) is 5.32 Å². The quantitative estimate of drug-likeness (QED) is 0.799. The smallest absolute Gasteiger partial charge is 0.326 e. The summed E-state index contributed by atoms with van der Waals surface area (Å²) >= 11 is 0. The van der Waals surface area contributed by atoms with Crippen LogP contribution in [-0.4, -0.2) is 33.0 Å². The molecule has 0 unspecified atom stereocenters. The van der Waals surface area contributed by atoms with Gasteiger partial charge in [-0.3, -0.25) is 9.00 Å². The zero-order valence-corrected chi connectivity index (χ0v) is 10.8. The van der Waals surface area contributed by atoms with Gasteiger partial charge in [0.05, 0.1) is 10.8 Å². The van der Waals surface area contributed by atoms with Crippen LogP contribution in [0.5, 0.6) is 0 Å². The van der Waals surface area contributed by atoms with Crippen molar-refractivity contribution in [2.75, 3.05) is 5.75 Å². The van der Waals surface area contributed by atoms with Gasteiger partial charge in [-0.05, 0) is 18.6 Å². The molecule has 0 fully saturated rings. The van der Waals surface area contributed by atoms with Crippen molar-refractivity contribution in [2.45, 2.75) is 24.3 Å². The summed E-state index contributed by atoms with van der Waals surface area (Å²) in [4.78, 5) is 22.4. The number of hydrogen-bond acceptors (Lipinski definition) is 3. The number of aliphatic carboxylic acids is 1. The minimum atomic E-state index is -1.25. The lowest BCUT2D eigenvalue weighted by Crippen LogP contribution is -2.40. The van der Waals surface area contributed by atoms with E-state index in [1.165, 1.54) is 6.92 Å². The maximum absolute atomic E-state index is 11.9. The Hall–Kier alpha value is -1.69. The molecule has 0 heterocycles. The van der Waals surface area contributed by atoms with E-state index in [0.717, 1.165) is 0 Å². The van der Waals surface area contributed by atoms with Crippen molar-refractivity contribution in [3.05, 3.63) is 30.3 Å². The van der Waals surface area contributed by atoms with Gasteiger partial charge >= 0.3 is 5.97 Å². The molecule has 98 valence electrons. The zero-order chi connectivity index (χ0) is 13.5. The monoisotopic (exact) mass is 269 g/mol. The normalized spacial score (nSPS) is 13.6. The van der Waals surface area contributed by atoms with Gasteiger partial charge in [0.2, 0.25) is 5.91 Å². The Bertz CT molecular complexity index is 447. The summed E-state index contributed by atoms with van der Waals surface area (Å²) in [5, 5.41) is 11.2. The molecule has 2 atom stereocenters. The van der Waals surface area contributed by atoms with Crippen LogP contribution in [0.15, 0.2) is 35.2 Å². The summed E-state index contributed by atoms with van der Waals surface area (Å²) in [5.74, 6) is -1.33. The first-order valence-corrected chi connectivity index (χ1v) is 6.76. The van der Waals surface area contributed by atoms with E-state index in [1.54, 1.807) is 24.3 Å². The number of carbonyl (C=O) groups excluding carboxylic acids is 1. The average molecular weight is 269 g/mol. The summed E-state index contributed by atoms with van der Waals surface area (Å²) < 4.78 is 11.9. The van der Waals surface area contributed by atoms with Gasteiger partial charge in [0.15, 0.2) is 0 Å². The number of carbonyl (C=O) groups is 2. The van der Waals surface area contributed by atoms with Crippen molar-refractivity contribution >= 4 is 22.7 Å². The number of benzene rings is 1. The van der Waals surface area contributed by atoms with Crippen LogP contribution in [0.1, 0.15) is 13.3 Å². The summed E-state index contributed by atoms with van der Waals surface area (Å²) in [6.45, 7) is 1.25. The number of rotatable bonds is 6. The minimum Gasteiger partial charge on any atom is -0.480 e. The summed E-state index contributed by atoms with van der Waals surface area (Å²) in [6.07, 6.45) is 0.135. The summed E-state index contributed by atoms with van der Waals surface area (Å²) in [5.41, 5.74) is 0. The van der Waals surface area contributed by atoms with Crippen molar-refractivity contribution in [2.24, 2.45) is 0 Å². The Balaban J connectivity index is 2.55. The first-order valence-electron chi connectivity index (χ1n) is 5.44. The Labute approximate surface area is 108 Å². The van der Waals surface area contributed by atoms with Gasteiger partial charge in [0.1, 0.15) is 6.04 Å². The molecule has 5 nitrogen and oxygen atoms in total. The van der Waals surface area contributed by atoms with Crippen molar-refractivity contribution in [1.29, 1.82) is 0 Å². The van der Waals surface area contributed by atoms with Gasteiger partial charge in [-0.2, -0.15) is 0 Å². The molecule has 0 saturated heterocycles. The van der Waals surface area contributed by atoms with Gasteiger partial charge in [-0.25, -0.2) is 4.79 Å². The maximum Gasteiger partial charge on any atom is 0.326 e. The van der Waals surface area contributed by atoms with Crippen molar-refractivity contribution in [3.8, 4) is 0 Å². The highest BCUT2D eigenvalue weighted by molar-refractivity contribution is 7.85. The van der Waals surface area contributed by atoms with E-state index in [0.29, 0.717) is 4.90 Å². The Morgan fingerprint density at radius 3 is 2.44 bits per heavy atom. The van der Waals surface area contributed by atoms with E-state index in [9.17, 15) is 13.8 Å². The van der Waals surface area contributed by atoms with Crippen LogP contribution in [0.3, 0.4) is 0 Å². The topological polar surface area (TPSA) is 83.5 Å². The molecule has 0 saturated carbocycles. The molecule has 0 spiro atoms. The SMILES string of the molecule is CC(=O)N[C@@H](CC[S@](=O)c1ccccc1)C(=O)O. The molecule has 6 heteroatoms. The third kappa shape index (κ3) is 4.67. The second-order valence-electron chi connectivity index (χ2n) is 3.74. The largest absolute Gasteiger partial charge is 0.480 e. The molecule has 18 heavy (non-hydrogen) atoms. The van der Waals surface area contributed by atoms with Gasteiger partial charge in [0, 0.05) is 17.6 Å². The molecular formula is C12H15NO4S. The standard InChI is InChI=1S/C12H15NO4S/c1-9(14)13-11(12(15)16)7-8-18(17)10-5-3-2-4-6-10/h2-6,11H,7-8H2,1H3,(H,13,14)(H,15,16)/t11-,18-/m0/s1. The summed E-state index contributed by atoms with van der Waals surface area (Å²) in [6, 6.07) is 7.83. The molecule has 1 aromatic carbocycles. The average Bonchev–Trinajstić information content (AvgIpc) is 2.34. The van der Waals surface area contributed by atoms with Gasteiger partial charge in [-0.1, -0.05) is 18.2 Å². The molecule has 0 aliphatic rings. The highest BCUT2D eigenvalue weighted by Crippen LogP contribution is 2.07. The Morgan fingerprint density at radius 2 is 1.94 bits per heavy atom. The number of amides is 1. The predicted molar refractivity (Wildman–Crippen MR) is 67.6 cm³/mol. The Kier molecular flexibility index (Phi) is 5.51. The third-order valence-electron chi connectivity index (χ3n) is 2.27. The van der Waals surface area contributed by atoms with Crippen molar-refractivity contribution in [3.63, 3.8) is 0 Å². The number of nitrogens with one attached hydrogen (secondary N) is 1. The van der Waals surface area contributed by atoms with Crippen LogP contribution in [-0.2, 0) is 20.4 Å².